The van der Waals surface area contributed by atoms with E-state index in [4.69, 9.17) is 10.5 Å². The lowest BCUT2D eigenvalue weighted by molar-refractivity contribution is 0.0932. The minimum atomic E-state index is -0.0790. The maximum atomic E-state index is 12.7. The van der Waals surface area contributed by atoms with E-state index in [1.54, 1.807) is 18.6 Å². The number of nitrogens with two attached hydrogens (primary N) is 1. The van der Waals surface area contributed by atoms with Gasteiger partial charge in [-0.3, -0.25) is 9.78 Å². The van der Waals surface area contributed by atoms with Crippen LogP contribution in [-0.2, 0) is 0 Å². The Kier molecular flexibility index (Phi) is 6.59. The van der Waals surface area contributed by atoms with Crippen LogP contribution in [0.1, 0.15) is 35.2 Å². The molecule has 144 valence electrons. The molecule has 2 aromatic rings. The predicted molar refractivity (Wildman–Crippen MR) is 105 cm³/mol. The van der Waals surface area contributed by atoms with Crippen LogP contribution in [0.3, 0.4) is 0 Å². The van der Waals surface area contributed by atoms with Crippen LogP contribution in [0, 0.1) is 6.92 Å². The average molecular weight is 369 g/mol. The summed E-state index contributed by atoms with van der Waals surface area (Å²) in [5.41, 5.74) is 7.13. The number of nitrogens with zero attached hydrogens (tertiary/aromatic N) is 3. The van der Waals surface area contributed by atoms with Crippen LogP contribution >= 0.6 is 0 Å². The number of piperidine rings is 1. The largest absolute Gasteiger partial charge is 0.493 e. The lowest BCUT2D eigenvalue weighted by atomic mass is 10.0. The molecule has 2 heterocycles. The van der Waals surface area contributed by atoms with Gasteiger partial charge >= 0.3 is 0 Å². The van der Waals surface area contributed by atoms with Crippen LogP contribution < -0.4 is 20.7 Å². The normalized spacial score (nSPS) is 16.8. The molecule has 1 aromatic carbocycles. The monoisotopic (exact) mass is 369 g/mol. The Labute approximate surface area is 159 Å². The highest BCUT2D eigenvalue weighted by molar-refractivity contribution is 5.95. The zero-order valence-corrected chi connectivity index (χ0v) is 15.7. The van der Waals surface area contributed by atoms with Gasteiger partial charge in [0.1, 0.15) is 11.6 Å². The molecule has 0 saturated carbocycles. The Morgan fingerprint density at radius 2 is 2.30 bits per heavy atom. The van der Waals surface area contributed by atoms with Gasteiger partial charge in [-0.05, 0) is 50.4 Å². The number of hydrogen-bond acceptors (Lipinski definition) is 6. The SMILES string of the molecule is Cc1ccc(C(=O)NC2CCCN(c3cnccn3)C2)cc1OCCCN. The smallest absolute Gasteiger partial charge is 0.251 e. The third kappa shape index (κ3) is 5.17. The summed E-state index contributed by atoms with van der Waals surface area (Å²) in [4.78, 5) is 23.4. The molecule has 1 aliphatic rings. The molecule has 0 radical (unpaired) electrons. The molecular weight excluding hydrogens is 342 g/mol. The fourth-order valence-corrected chi connectivity index (χ4v) is 3.19. The van der Waals surface area contributed by atoms with Gasteiger partial charge in [-0.15, -0.1) is 0 Å². The van der Waals surface area contributed by atoms with E-state index in [-0.39, 0.29) is 11.9 Å². The summed E-state index contributed by atoms with van der Waals surface area (Å²) in [5.74, 6) is 1.51. The number of carbonyl (C=O) groups is 1. The number of aromatic nitrogens is 2. The first-order chi connectivity index (χ1) is 13.2. The van der Waals surface area contributed by atoms with E-state index in [0.29, 0.717) is 18.7 Å². The van der Waals surface area contributed by atoms with E-state index in [1.807, 2.05) is 25.1 Å². The van der Waals surface area contributed by atoms with E-state index < -0.39 is 0 Å². The molecule has 1 atom stereocenters. The highest BCUT2D eigenvalue weighted by Gasteiger charge is 2.23. The first-order valence-electron chi connectivity index (χ1n) is 9.42. The Balaban J connectivity index is 1.62. The number of nitrogens with one attached hydrogen (secondary N) is 1. The van der Waals surface area contributed by atoms with Crippen molar-refractivity contribution in [2.45, 2.75) is 32.2 Å². The van der Waals surface area contributed by atoms with Gasteiger partial charge in [0.05, 0.1) is 12.8 Å². The van der Waals surface area contributed by atoms with Crippen molar-refractivity contribution < 1.29 is 9.53 Å². The molecule has 7 heteroatoms. The van der Waals surface area contributed by atoms with Crippen LogP contribution in [0.15, 0.2) is 36.8 Å². The Morgan fingerprint density at radius 1 is 1.41 bits per heavy atom. The van der Waals surface area contributed by atoms with Gasteiger partial charge < -0.3 is 20.7 Å². The molecule has 1 amide bonds. The quantitative estimate of drug-likeness (QED) is 0.724. The number of ether oxygens (including phenoxy) is 1. The van der Waals surface area contributed by atoms with E-state index in [1.165, 1.54) is 0 Å². The zero-order valence-electron chi connectivity index (χ0n) is 15.7. The van der Waals surface area contributed by atoms with Crippen molar-refractivity contribution in [1.29, 1.82) is 0 Å². The van der Waals surface area contributed by atoms with Gasteiger partial charge in [-0.25, -0.2) is 4.98 Å². The van der Waals surface area contributed by atoms with Gasteiger partial charge in [0.25, 0.3) is 5.91 Å². The second-order valence-corrected chi connectivity index (χ2v) is 6.79. The fraction of sp³-hybridized carbons (Fsp3) is 0.450. The number of amides is 1. The number of benzene rings is 1. The highest BCUT2D eigenvalue weighted by Crippen LogP contribution is 2.21. The molecule has 1 fully saturated rings. The van der Waals surface area contributed by atoms with Gasteiger partial charge in [0.2, 0.25) is 0 Å². The van der Waals surface area contributed by atoms with Crippen molar-refractivity contribution in [3.8, 4) is 5.75 Å². The molecule has 1 unspecified atom stereocenters. The molecule has 3 N–H and O–H groups in total. The van der Waals surface area contributed by atoms with Gasteiger partial charge in [-0.1, -0.05) is 6.07 Å². The zero-order chi connectivity index (χ0) is 19.1. The first kappa shape index (κ1) is 19.1. The van der Waals surface area contributed by atoms with Gasteiger partial charge in [0, 0.05) is 37.1 Å². The number of aryl methyl sites for hydroxylation is 1. The first-order valence-corrected chi connectivity index (χ1v) is 9.42. The van der Waals surface area contributed by atoms with Crippen LogP contribution in [0.25, 0.3) is 0 Å². The molecule has 1 aromatic heterocycles. The molecule has 0 bridgehead atoms. The van der Waals surface area contributed by atoms with Crippen molar-refractivity contribution in [1.82, 2.24) is 15.3 Å². The molecular formula is C20H27N5O2. The molecule has 1 aliphatic heterocycles. The van der Waals surface area contributed by atoms with Gasteiger partial charge in [0.15, 0.2) is 0 Å². The van der Waals surface area contributed by atoms with Crippen LogP contribution in [-0.4, -0.2) is 48.2 Å². The molecule has 0 spiro atoms. The predicted octanol–water partition coefficient (Wildman–Crippen LogP) is 1.91. The number of rotatable bonds is 7. The summed E-state index contributed by atoms with van der Waals surface area (Å²) in [6, 6.07) is 5.64. The number of anilines is 1. The topological polar surface area (TPSA) is 93.4 Å². The maximum Gasteiger partial charge on any atom is 0.251 e. The Morgan fingerprint density at radius 3 is 3.07 bits per heavy atom. The van der Waals surface area contributed by atoms with Crippen molar-refractivity contribution in [2.75, 3.05) is 31.1 Å². The summed E-state index contributed by atoms with van der Waals surface area (Å²) < 4.78 is 5.75. The van der Waals surface area contributed by atoms with E-state index in [0.717, 1.165) is 49.5 Å². The second kappa shape index (κ2) is 9.32. The van der Waals surface area contributed by atoms with Crippen molar-refractivity contribution >= 4 is 11.7 Å². The summed E-state index contributed by atoms with van der Waals surface area (Å²) in [7, 11) is 0. The van der Waals surface area contributed by atoms with Crippen LogP contribution in [0.4, 0.5) is 5.82 Å². The van der Waals surface area contributed by atoms with Crippen molar-refractivity contribution in [3.05, 3.63) is 47.9 Å². The maximum absolute atomic E-state index is 12.7. The molecule has 27 heavy (non-hydrogen) atoms. The number of carbonyl (C=O) groups excluding carboxylic acids is 1. The standard InChI is InChI=1S/C20H27N5O2/c1-15-5-6-16(12-18(15)27-11-3-7-21)20(26)24-17-4-2-10-25(14-17)19-13-22-8-9-23-19/h5-6,8-9,12-13,17H,2-4,7,10-11,14,21H2,1H3,(H,24,26). The summed E-state index contributed by atoms with van der Waals surface area (Å²) >= 11 is 0. The molecule has 0 aliphatic carbocycles. The third-order valence-corrected chi connectivity index (χ3v) is 4.69. The minimum Gasteiger partial charge on any atom is -0.493 e. The van der Waals surface area contributed by atoms with E-state index >= 15 is 0 Å². The third-order valence-electron chi connectivity index (χ3n) is 4.69. The fourth-order valence-electron chi connectivity index (χ4n) is 3.19. The minimum absolute atomic E-state index is 0.0790. The van der Waals surface area contributed by atoms with Crippen LogP contribution in [0.5, 0.6) is 5.75 Å². The van der Waals surface area contributed by atoms with Crippen molar-refractivity contribution in [2.24, 2.45) is 5.73 Å². The van der Waals surface area contributed by atoms with Crippen molar-refractivity contribution in [3.63, 3.8) is 0 Å². The molecule has 7 nitrogen and oxygen atoms in total. The summed E-state index contributed by atoms with van der Waals surface area (Å²) in [5, 5.41) is 3.14. The van der Waals surface area contributed by atoms with Gasteiger partial charge in [-0.2, -0.15) is 0 Å². The highest BCUT2D eigenvalue weighted by atomic mass is 16.5. The lowest BCUT2D eigenvalue weighted by Crippen LogP contribution is -2.48. The second-order valence-electron chi connectivity index (χ2n) is 6.79. The summed E-state index contributed by atoms with van der Waals surface area (Å²) in [6.45, 7) is 4.77. The van der Waals surface area contributed by atoms with Crippen LogP contribution in [0.2, 0.25) is 0 Å². The molecule has 3 rings (SSSR count). The van der Waals surface area contributed by atoms with E-state index in [9.17, 15) is 4.79 Å². The number of hydrogen-bond donors (Lipinski definition) is 2. The Bertz CT molecular complexity index is 753. The average Bonchev–Trinajstić information content (AvgIpc) is 2.70. The van der Waals surface area contributed by atoms with E-state index in [2.05, 4.69) is 20.2 Å². The summed E-state index contributed by atoms with van der Waals surface area (Å²) in [6.07, 6.45) is 7.86. The Hall–Kier alpha value is -2.67. The molecule has 1 saturated heterocycles. The lowest BCUT2D eigenvalue weighted by Gasteiger charge is -2.33.